The zero-order valence-corrected chi connectivity index (χ0v) is 17.3. The molecule has 146 valence electrons. The Kier molecular flexibility index (Phi) is 7.38. The van der Waals surface area contributed by atoms with Gasteiger partial charge in [-0.15, -0.1) is 11.5 Å². The van der Waals surface area contributed by atoms with Crippen LogP contribution in [-0.4, -0.2) is 16.8 Å². The highest BCUT2D eigenvalue weighted by atomic mass is 32.2. The number of sulfone groups is 2. The second-order valence-corrected chi connectivity index (χ2v) is 9.88. The highest BCUT2D eigenvalue weighted by Crippen LogP contribution is 2.26. The van der Waals surface area contributed by atoms with Crippen LogP contribution in [-0.2, 0) is 19.7 Å². The fourth-order valence-electron chi connectivity index (χ4n) is 2.66. The molecule has 0 saturated heterocycles. The number of rotatable bonds is 8. The van der Waals surface area contributed by atoms with Crippen LogP contribution in [0.5, 0.6) is 0 Å². The number of hydrogen-bond donors (Lipinski definition) is 0. The van der Waals surface area contributed by atoms with Crippen LogP contribution in [0.15, 0.2) is 104 Å². The predicted octanol–water partition coefficient (Wildman–Crippen LogP) is 4.83. The summed E-state index contributed by atoms with van der Waals surface area (Å²) >= 11 is 0. The van der Waals surface area contributed by atoms with E-state index in [1.54, 1.807) is 49.4 Å². The number of hydrogen-bond acceptors (Lipinski definition) is 4. The van der Waals surface area contributed by atoms with Gasteiger partial charge in [0.15, 0.2) is 0 Å². The molecule has 2 aromatic rings. The van der Waals surface area contributed by atoms with Gasteiger partial charge in [0, 0.05) is 0 Å². The lowest BCUT2D eigenvalue weighted by molar-refractivity contribution is 0.598. The van der Waals surface area contributed by atoms with E-state index in [1.807, 2.05) is 0 Å². The highest BCUT2D eigenvalue weighted by molar-refractivity contribution is 7.95. The van der Waals surface area contributed by atoms with Gasteiger partial charge in [0.1, 0.15) is 0 Å². The van der Waals surface area contributed by atoms with Crippen LogP contribution < -0.4 is 0 Å². The Hall–Kier alpha value is -2.62. The third-order valence-corrected chi connectivity index (χ3v) is 7.82. The molecule has 4 nitrogen and oxygen atoms in total. The summed E-state index contributed by atoms with van der Waals surface area (Å²) in [6.07, 6.45) is 2.16. The Morgan fingerprint density at radius 2 is 1.25 bits per heavy atom. The van der Waals surface area contributed by atoms with Crippen LogP contribution in [0.3, 0.4) is 0 Å². The number of benzene rings is 2. The van der Waals surface area contributed by atoms with Crippen LogP contribution in [0.1, 0.15) is 26.2 Å². The first kappa shape index (κ1) is 21.7. The van der Waals surface area contributed by atoms with Crippen molar-refractivity contribution in [2.24, 2.45) is 0 Å². The molecular formula is C22H22O4S2. The van der Waals surface area contributed by atoms with Crippen molar-refractivity contribution >= 4 is 19.7 Å². The van der Waals surface area contributed by atoms with E-state index < -0.39 is 19.7 Å². The molecule has 0 spiro atoms. The van der Waals surface area contributed by atoms with Gasteiger partial charge in [0.05, 0.1) is 19.6 Å². The SMILES string of the molecule is C=C=C(CCCC(=C=CC)S(=O)(=O)c1ccccc1)S(=O)(=O)c1ccccc1. The summed E-state index contributed by atoms with van der Waals surface area (Å²) in [5.74, 6) is 0. The molecule has 0 aliphatic heterocycles. The fourth-order valence-corrected chi connectivity index (χ4v) is 5.55. The van der Waals surface area contributed by atoms with Crippen molar-refractivity contribution in [3.8, 4) is 0 Å². The standard InChI is InChI=1S/C22H22O4S2/c1-3-12-20(28(25,26)22-15-9-6-10-16-22)18-11-17-19(4-2)27(23,24)21-13-7-5-8-14-21/h3,5-10,13-16H,2,11,17-18H2,1H3. The van der Waals surface area contributed by atoms with Gasteiger partial charge in [-0.25, -0.2) is 16.8 Å². The van der Waals surface area contributed by atoms with Gasteiger partial charge in [-0.1, -0.05) is 43.0 Å². The Labute approximate surface area is 167 Å². The molecule has 2 rings (SSSR count). The van der Waals surface area contributed by atoms with Crippen molar-refractivity contribution in [1.82, 2.24) is 0 Å². The summed E-state index contributed by atoms with van der Waals surface area (Å²) < 4.78 is 51.0. The van der Waals surface area contributed by atoms with E-state index in [1.165, 1.54) is 24.3 Å². The van der Waals surface area contributed by atoms with Crippen molar-refractivity contribution in [2.75, 3.05) is 0 Å². The minimum atomic E-state index is -3.69. The lowest BCUT2D eigenvalue weighted by Crippen LogP contribution is -2.07. The average molecular weight is 415 g/mol. The molecule has 2 aromatic carbocycles. The molecule has 0 unspecified atom stereocenters. The summed E-state index contributed by atoms with van der Waals surface area (Å²) in [5.41, 5.74) is 5.30. The lowest BCUT2D eigenvalue weighted by Gasteiger charge is -2.09. The molecule has 0 atom stereocenters. The van der Waals surface area contributed by atoms with E-state index in [2.05, 4.69) is 18.0 Å². The predicted molar refractivity (Wildman–Crippen MR) is 111 cm³/mol. The van der Waals surface area contributed by atoms with Gasteiger partial charge in [0.25, 0.3) is 0 Å². The van der Waals surface area contributed by atoms with E-state index in [0.29, 0.717) is 6.42 Å². The summed E-state index contributed by atoms with van der Waals surface area (Å²) in [6, 6.07) is 16.2. The molecule has 6 heteroatoms. The molecular weight excluding hydrogens is 392 g/mol. The van der Waals surface area contributed by atoms with Crippen molar-refractivity contribution in [3.63, 3.8) is 0 Å². The van der Waals surface area contributed by atoms with E-state index in [-0.39, 0.29) is 32.4 Å². The maximum absolute atomic E-state index is 12.8. The topological polar surface area (TPSA) is 68.3 Å². The zero-order chi connectivity index (χ0) is 20.6. The quantitative estimate of drug-likeness (QED) is 0.580. The van der Waals surface area contributed by atoms with Crippen molar-refractivity contribution in [2.45, 2.75) is 36.0 Å². The monoisotopic (exact) mass is 414 g/mol. The maximum Gasteiger partial charge on any atom is 0.210 e. The fraction of sp³-hybridized carbons (Fsp3) is 0.182. The smallest absolute Gasteiger partial charge is 0.210 e. The minimum Gasteiger partial charge on any atom is -0.218 e. The average Bonchev–Trinajstić information content (AvgIpc) is 2.71. The van der Waals surface area contributed by atoms with E-state index in [9.17, 15) is 16.8 Å². The molecule has 0 saturated carbocycles. The van der Waals surface area contributed by atoms with Gasteiger partial charge in [0.2, 0.25) is 19.7 Å². The van der Waals surface area contributed by atoms with Crippen molar-refractivity contribution in [3.05, 3.63) is 94.6 Å². The van der Waals surface area contributed by atoms with E-state index in [4.69, 9.17) is 0 Å². The maximum atomic E-state index is 12.8. The van der Waals surface area contributed by atoms with Crippen LogP contribution in [0.25, 0.3) is 0 Å². The lowest BCUT2D eigenvalue weighted by atomic mass is 10.2. The van der Waals surface area contributed by atoms with Gasteiger partial charge < -0.3 is 0 Å². The molecule has 0 radical (unpaired) electrons. The van der Waals surface area contributed by atoms with Gasteiger partial charge in [-0.3, -0.25) is 0 Å². The largest absolute Gasteiger partial charge is 0.218 e. The Morgan fingerprint density at radius 1 is 0.821 bits per heavy atom. The van der Waals surface area contributed by atoms with Crippen molar-refractivity contribution in [1.29, 1.82) is 0 Å². The first-order valence-electron chi connectivity index (χ1n) is 8.73. The van der Waals surface area contributed by atoms with Gasteiger partial charge in [-0.05, 0) is 56.5 Å². The Morgan fingerprint density at radius 3 is 1.68 bits per heavy atom. The Bertz CT molecular complexity index is 1130. The zero-order valence-electron chi connectivity index (χ0n) is 15.6. The summed E-state index contributed by atoms with van der Waals surface area (Å²) in [5, 5.41) is 0. The molecule has 0 N–H and O–H groups in total. The van der Waals surface area contributed by atoms with Gasteiger partial charge >= 0.3 is 0 Å². The molecule has 0 aliphatic rings. The highest BCUT2D eigenvalue weighted by Gasteiger charge is 2.23. The van der Waals surface area contributed by atoms with E-state index >= 15 is 0 Å². The van der Waals surface area contributed by atoms with E-state index in [0.717, 1.165) is 0 Å². The first-order chi connectivity index (χ1) is 13.3. The minimum absolute atomic E-state index is 0.0515. The normalized spacial score (nSPS) is 11.2. The summed E-state index contributed by atoms with van der Waals surface area (Å²) in [4.78, 5) is 0.537. The third-order valence-electron chi connectivity index (χ3n) is 4.07. The number of allylic oxidation sites excluding steroid dienone is 2. The second-order valence-electron chi connectivity index (χ2n) is 5.94. The molecule has 0 aromatic heterocycles. The molecule has 0 amide bonds. The van der Waals surface area contributed by atoms with Crippen LogP contribution in [0.2, 0.25) is 0 Å². The third kappa shape index (κ3) is 5.00. The molecule has 28 heavy (non-hydrogen) atoms. The Balaban J connectivity index is 2.20. The van der Waals surface area contributed by atoms with Crippen LogP contribution in [0.4, 0.5) is 0 Å². The summed E-state index contributed by atoms with van der Waals surface area (Å²) in [7, 11) is -7.37. The molecule has 0 bridgehead atoms. The van der Waals surface area contributed by atoms with Crippen molar-refractivity contribution < 1.29 is 16.8 Å². The van der Waals surface area contributed by atoms with Gasteiger partial charge in [-0.2, -0.15) is 0 Å². The molecule has 0 aliphatic carbocycles. The first-order valence-corrected chi connectivity index (χ1v) is 11.7. The second kappa shape index (κ2) is 9.54. The van der Waals surface area contributed by atoms with Crippen LogP contribution in [0, 0.1) is 0 Å². The molecule has 0 heterocycles. The summed E-state index contributed by atoms with van der Waals surface area (Å²) in [6.45, 7) is 5.19. The molecule has 0 fully saturated rings. The van der Waals surface area contributed by atoms with Crippen LogP contribution >= 0.6 is 0 Å².